The molecule has 0 aliphatic heterocycles. The molecule has 64 valence electrons. The van der Waals surface area contributed by atoms with Gasteiger partial charge in [-0.25, -0.2) is 0 Å². The van der Waals surface area contributed by atoms with Gasteiger partial charge in [0.05, 0.1) is 11.6 Å². The highest BCUT2D eigenvalue weighted by molar-refractivity contribution is 6.32. The SMILES string of the molecule is Clc1ccccc1OCC1CC1. The Kier molecular flexibility index (Phi) is 2.22. The molecule has 2 rings (SSSR count). The highest BCUT2D eigenvalue weighted by Gasteiger charge is 2.22. The molecule has 0 amide bonds. The van der Waals surface area contributed by atoms with Crippen molar-refractivity contribution in [2.45, 2.75) is 12.8 Å². The summed E-state index contributed by atoms with van der Waals surface area (Å²) in [6.45, 7) is 0.823. The van der Waals surface area contributed by atoms with Crippen molar-refractivity contribution >= 4 is 11.6 Å². The summed E-state index contributed by atoms with van der Waals surface area (Å²) < 4.78 is 5.53. The van der Waals surface area contributed by atoms with E-state index in [9.17, 15) is 0 Å². The van der Waals surface area contributed by atoms with Gasteiger partial charge in [0.25, 0.3) is 0 Å². The van der Waals surface area contributed by atoms with Crippen molar-refractivity contribution in [2.75, 3.05) is 6.61 Å². The second kappa shape index (κ2) is 3.36. The molecule has 0 bridgehead atoms. The van der Waals surface area contributed by atoms with E-state index < -0.39 is 0 Å². The van der Waals surface area contributed by atoms with Gasteiger partial charge in [0, 0.05) is 0 Å². The minimum Gasteiger partial charge on any atom is -0.492 e. The van der Waals surface area contributed by atoms with Gasteiger partial charge in [0.2, 0.25) is 0 Å². The first-order valence-corrected chi connectivity index (χ1v) is 4.61. The summed E-state index contributed by atoms with van der Waals surface area (Å²) in [5.74, 6) is 1.59. The molecule has 1 saturated carbocycles. The molecule has 1 nitrogen and oxygen atoms in total. The van der Waals surface area contributed by atoms with Crippen molar-refractivity contribution in [1.29, 1.82) is 0 Å². The molecule has 0 aromatic heterocycles. The van der Waals surface area contributed by atoms with Gasteiger partial charge in [-0.1, -0.05) is 23.7 Å². The molecule has 0 atom stereocenters. The monoisotopic (exact) mass is 182 g/mol. The van der Waals surface area contributed by atoms with E-state index in [1.807, 2.05) is 24.3 Å². The van der Waals surface area contributed by atoms with Gasteiger partial charge in [0.1, 0.15) is 5.75 Å². The minimum absolute atomic E-state index is 0.707. The third-order valence-electron chi connectivity index (χ3n) is 2.01. The number of rotatable bonds is 3. The summed E-state index contributed by atoms with van der Waals surface area (Å²) in [6.07, 6.45) is 2.62. The Hall–Kier alpha value is -0.690. The van der Waals surface area contributed by atoms with Crippen LogP contribution in [0.25, 0.3) is 0 Å². The highest BCUT2D eigenvalue weighted by Crippen LogP contribution is 2.31. The Labute approximate surface area is 77.3 Å². The van der Waals surface area contributed by atoms with E-state index in [2.05, 4.69) is 0 Å². The Balaban J connectivity index is 1.96. The number of benzene rings is 1. The molecule has 0 saturated heterocycles. The lowest BCUT2D eigenvalue weighted by atomic mass is 10.3. The maximum atomic E-state index is 5.90. The molecule has 1 aliphatic rings. The molecule has 0 heterocycles. The number of hydrogen-bond donors (Lipinski definition) is 0. The van der Waals surface area contributed by atoms with Crippen LogP contribution in [0.15, 0.2) is 24.3 Å². The third kappa shape index (κ3) is 1.92. The van der Waals surface area contributed by atoms with E-state index >= 15 is 0 Å². The Morgan fingerprint density at radius 2 is 2.08 bits per heavy atom. The van der Waals surface area contributed by atoms with Crippen LogP contribution in [0.5, 0.6) is 5.75 Å². The summed E-state index contributed by atoms with van der Waals surface area (Å²) in [5, 5.41) is 0.707. The van der Waals surface area contributed by atoms with Crippen LogP contribution in [-0.2, 0) is 0 Å². The summed E-state index contributed by atoms with van der Waals surface area (Å²) in [5.41, 5.74) is 0. The van der Waals surface area contributed by atoms with Crippen LogP contribution in [0, 0.1) is 5.92 Å². The second-order valence-electron chi connectivity index (χ2n) is 3.18. The van der Waals surface area contributed by atoms with Gasteiger partial charge in [-0.15, -0.1) is 0 Å². The minimum atomic E-state index is 0.707. The van der Waals surface area contributed by atoms with Crippen LogP contribution in [0.3, 0.4) is 0 Å². The average Bonchev–Trinajstić information content (AvgIpc) is 2.86. The summed E-state index contributed by atoms with van der Waals surface area (Å²) >= 11 is 5.90. The molecule has 1 aromatic carbocycles. The first-order valence-electron chi connectivity index (χ1n) is 4.23. The Bertz CT molecular complexity index is 268. The first kappa shape index (κ1) is 7.93. The first-order chi connectivity index (χ1) is 5.86. The highest BCUT2D eigenvalue weighted by atomic mass is 35.5. The van der Waals surface area contributed by atoms with Gasteiger partial charge >= 0.3 is 0 Å². The molecule has 0 spiro atoms. The van der Waals surface area contributed by atoms with Crippen molar-refractivity contribution in [3.8, 4) is 5.75 Å². The van der Waals surface area contributed by atoms with Crippen molar-refractivity contribution in [1.82, 2.24) is 0 Å². The average molecular weight is 183 g/mol. The number of halogens is 1. The van der Waals surface area contributed by atoms with Gasteiger partial charge in [0.15, 0.2) is 0 Å². The zero-order valence-corrected chi connectivity index (χ0v) is 7.55. The predicted octanol–water partition coefficient (Wildman–Crippen LogP) is 3.13. The smallest absolute Gasteiger partial charge is 0.137 e. The fourth-order valence-electron chi connectivity index (χ4n) is 1.05. The van der Waals surface area contributed by atoms with Gasteiger partial charge in [-0.2, -0.15) is 0 Å². The summed E-state index contributed by atoms with van der Waals surface area (Å²) in [6, 6.07) is 7.61. The molecule has 0 radical (unpaired) electrons. The van der Waals surface area contributed by atoms with Gasteiger partial charge < -0.3 is 4.74 Å². The van der Waals surface area contributed by atoms with E-state index in [0.717, 1.165) is 18.3 Å². The normalized spacial score (nSPS) is 16.1. The molecule has 2 heteroatoms. The molecule has 1 aliphatic carbocycles. The molecule has 0 unspecified atom stereocenters. The Morgan fingerprint density at radius 3 is 2.75 bits per heavy atom. The second-order valence-corrected chi connectivity index (χ2v) is 3.59. The van der Waals surface area contributed by atoms with Crippen LogP contribution >= 0.6 is 11.6 Å². The molecular weight excluding hydrogens is 172 g/mol. The number of hydrogen-bond acceptors (Lipinski definition) is 1. The van der Waals surface area contributed by atoms with E-state index in [0.29, 0.717) is 5.02 Å². The molecule has 12 heavy (non-hydrogen) atoms. The quantitative estimate of drug-likeness (QED) is 0.698. The predicted molar refractivity (Wildman–Crippen MR) is 49.7 cm³/mol. The number of ether oxygens (including phenoxy) is 1. The molecule has 1 fully saturated rings. The zero-order chi connectivity index (χ0) is 8.39. The van der Waals surface area contributed by atoms with Crippen molar-refractivity contribution < 1.29 is 4.74 Å². The lowest BCUT2D eigenvalue weighted by Gasteiger charge is -2.05. The molecule has 0 N–H and O–H groups in total. The van der Waals surface area contributed by atoms with Crippen LogP contribution < -0.4 is 4.74 Å². The molecule has 1 aromatic rings. The summed E-state index contributed by atoms with van der Waals surface area (Å²) in [4.78, 5) is 0. The summed E-state index contributed by atoms with van der Waals surface area (Å²) in [7, 11) is 0. The lowest BCUT2D eigenvalue weighted by Crippen LogP contribution is -1.98. The largest absolute Gasteiger partial charge is 0.492 e. The van der Waals surface area contributed by atoms with Gasteiger partial charge in [-0.05, 0) is 30.9 Å². The fraction of sp³-hybridized carbons (Fsp3) is 0.400. The van der Waals surface area contributed by atoms with Crippen LogP contribution in [-0.4, -0.2) is 6.61 Å². The standard InChI is InChI=1S/C10H11ClO/c11-9-3-1-2-4-10(9)12-7-8-5-6-8/h1-4,8H,5-7H2. The van der Waals surface area contributed by atoms with E-state index in [4.69, 9.17) is 16.3 Å². The topological polar surface area (TPSA) is 9.23 Å². The van der Waals surface area contributed by atoms with Crippen LogP contribution in [0.2, 0.25) is 5.02 Å². The zero-order valence-electron chi connectivity index (χ0n) is 6.79. The van der Waals surface area contributed by atoms with E-state index in [1.54, 1.807) is 0 Å². The van der Waals surface area contributed by atoms with Gasteiger partial charge in [-0.3, -0.25) is 0 Å². The van der Waals surface area contributed by atoms with E-state index in [-0.39, 0.29) is 0 Å². The lowest BCUT2D eigenvalue weighted by molar-refractivity contribution is 0.300. The maximum Gasteiger partial charge on any atom is 0.137 e. The third-order valence-corrected chi connectivity index (χ3v) is 2.32. The maximum absolute atomic E-state index is 5.90. The number of para-hydroxylation sites is 1. The van der Waals surface area contributed by atoms with Crippen molar-refractivity contribution in [3.63, 3.8) is 0 Å². The van der Waals surface area contributed by atoms with Crippen molar-refractivity contribution in [2.24, 2.45) is 5.92 Å². The Morgan fingerprint density at radius 1 is 1.33 bits per heavy atom. The van der Waals surface area contributed by atoms with Crippen molar-refractivity contribution in [3.05, 3.63) is 29.3 Å². The van der Waals surface area contributed by atoms with Crippen LogP contribution in [0.1, 0.15) is 12.8 Å². The van der Waals surface area contributed by atoms with Crippen LogP contribution in [0.4, 0.5) is 0 Å². The van der Waals surface area contributed by atoms with E-state index in [1.165, 1.54) is 12.8 Å². The molecular formula is C10H11ClO. The fourth-order valence-corrected chi connectivity index (χ4v) is 1.24.